The van der Waals surface area contributed by atoms with Gasteiger partial charge in [0.05, 0.1) is 19.8 Å². The molecule has 22 heavy (non-hydrogen) atoms. The molecule has 1 saturated carbocycles. The highest BCUT2D eigenvalue weighted by molar-refractivity contribution is 5.91. The average Bonchev–Trinajstić information content (AvgIpc) is 3.09. The lowest BCUT2D eigenvalue weighted by atomic mass is 10.1. The molecule has 1 aliphatic heterocycles. The van der Waals surface area contributed by atoms with Crippen molar-refractivity contribution in [1.82, 2.24) is 10.5 Å². The SMILES string of the molecule is COc1cc(C(=O)NC[C@H]2COC3(CCCCCC3)O2)on1. The van der Waals surface area contributed by atoms with Crippen molar-refractivity contribution >= 4 is 5.91 Å². The Bertz CT molecular complexity index is 508. The average molecular weight is 310 g/mol. The van der Waals surface area contributed by atoms with Gasteiger partial charge in [0, 0.05) is 19.4 Å². The minimum atomic E-state index is -0.429. The second-order valence-corrected chi connectivity index (χ2v) is 5.82. The van der Waals surface area contributed by atoms with Crippen LogP contribution in [0, 0.1) is 0 Å². The van der Waals surface area contributed by atoms with E-state index in [9.17, 15) is 4.79 Å². The standard InChI is InChI=1S/C15H22N2O5/c1-19-13-8-12(22-17-13)14(18)16-9-11-10-20-15(21-11)6-4-2-3-5-7-15/h8,11H,2-7,9-10H2,1H3,(H,16,18)/t11-/m0/s1. The van der Waals surface area contributed by atoms with E-state index in [1.165, 1.54) is 26.0 Å². The number of carbonyl (C=O) groups excluding carboxylic acids is 1. The molecule has 0 aromatic carbocycles. The van der Waals surface area contributed by atoms with Crippen molar-refractivity contribution < 1.29 is 23.5 Å². The predicted octanol–water partition coefficient (Wildman–Crippen LogP) is 1.88. The number of aromatic nitrogens is 1. The van der Waals surface area contributed by atoms with Crippen LogP contribution < -0.4 is 10.1 Å². The summed E-state index contributed by atoms with van der Waals surface area (Å²) >= 11 is 0. The van der Waals surface area contributed by atoms with Gasteiger partial charge >= 0.3 is 0 Å². The van der Waals surface area contributed by atoms with Gasteiger partial charge in [-0.1, -0.05) is 12.8 Å². The second kappa shape index (κ2) is 6.66. The van der Waals surface area contributed by atoms with Gasteiger partial charge in [-0.25, -0.2) is 0 Å². The molecule has 0 unspecified atom stereocenters. The first kappa shape index (κ1) is 15.3. The molecule has 3 rings (SSSR count). The minimum absolute atomic E-state index is 0.119. The van der Waals surface area contributed by atoms with Gasteiger partial charge in [0.25, 0.3) is 11.8 Å². The highest BCUT2D eigenvalue weighted by Crippen LogP contribution is 2.36. The highest BCUT2D eigenvalue weighted by atomic mass is 16.7. The molecular weight excluding hydrogens is 288 g/mol. The molecule has 1 amide bonds. The molecule has 7 heteroatoms. The number of ether oxygens (including phenoxy) is 3. The van der Waals surface area contributed by atoms with E-state index in [2.05, 4.69) is 10.5 Å². The van der Waals surface area contributed by atoms with Gasteiger partial charge in [0.2, 0.25) is 5.76 Å². The van der Waals surface area contributed by atoms with Crippen molar-refractivity contribution in [3.63, 3.8) is 0 Å². The van der Waals surface area contributed by atoms with E-state index in [0.717, 1.165) is 25.7 Å². The molecule has 1 saturated heterocycles. The molecule has 1 atom stereocenters. The van der Waals surface area contributed by atoms with Gasteiger partial charge in [-0.15, -0.1) is 0 Å². The summed E-state index contributed by atoms with van der Waals surface area (Å²) in [6.07, 6.45) is 6.51. The predicted molar refractivity (Wildman–Crippen MR) is 76.6 cm³/mol. The van der Waals surface area contributed by atoms with Crippen molar-refractivity contribution in [2.45, 2.75) is 50.4 Å². The molecule has 122 valence electrons. The minimum Gasteiger partial charge on any atom is -0.479 e. The summed E-state index contributed by atoms with van der Waals surface area (Å²) in [6, 6.07) is 1.45. The van der Waals surface area contributed by atoms with Crippen LogP contribution in [0.5, 0.6) is 5.88 Å². The number of methoxy groups -OCH3 is 1. The maximum Gasteiger partial charge on any atom is 0.290 e. The second-order valence-electron chi connectivity index (χ2n) is 5.82. The van der Waals surface area contributed by atoms with Crippen LogP contribution in [0.25, 0.3) is 0 Å². The lowest BCUT2D eigenvalue weighted by Gasteiger charge is -2.26. The molecule has 2 aliphatic rings. The Balaban J connectivity index is 1.49. The normalized spacial score (nSPS) is 24.1. The zero-order chi connectivity index (χ0) is 15.4. The third-order valence-corrected chi connectivity index (χ3v) is 4.19. The maximum atomic E-state index is 12.0. The lowest BCUT2D eigenvalue weighted by Crippen LogP contribution is -2.35. The van der Waals surface area contributed by atoms with Gasteiger partial charge in [0.15, 0.2) is 5.79 Å². The van der Waals surface area contributed by atoms with E-state index in [4.69, 9.17) is 18.7 Å². The molecule has 1 aromatic heterocycles. The van der Waals surface area contributed by atoms with E-state index >= 15 is 0 Å². The van der Waals surface area contributed by atoms with Crippen molar-refractivity contribution in [1.29, 1.82) is 0 Å². The number of amides is 1. The van der Waals surface area contributed by atoms with Crippen molar-refractivity contribution in [3.8, 4) is 5.88 Å². The van der Waals surface area contributed by atoms with Gasteiger partial charge in [0.1, 0.15) is 6.10 Å². The van der Waals surface area contributed by atoms with Crippen LogP contribution in [-0.2, 0) is 9.47 Å². The Morgan fingerprint density at radius 3 is 2.86 bits per heavy atom. The Morgan fingerprint density at radius 2 is 2.18 bits per heavy atom. The Labute approximate surface area is 129 Å². The highest BCUT2D eigenvalue weighted by Gasteiger charge is 2.41. The molecule has 1 spiro atoms. The molecule has 2 fully saturated rings. The summed E-state index contributed by atoms with van der Waals surface area (Å²) in [5.74, 6) is -0.356. The third-order valence-electron chi connectivity index (χ3n) is 4.19. The molecular formula is C15H22N2O5. The van der Waals surface area contributed by atoms with Crippen molar-refractivity contribution in [2.24, 2.45) is 0 Å². The fourth-order valence-electron chi connectivity index (χ4n) is 3.00. The Kier molecular flexibility index (Phi) is 4.63. The summed E-state index contributed by atoms with van der Waals surface area (Å²) in [5, 5.41) is 6.38. The number of hydrogen-bond acceptors (Lipinski definition) is 6. The molecule has 0 bridgehead atoms. The summed E-state index contributed by atoms with van der Waals surface area (Å²) in [6.45, 7) is 0.906. The van der Waals surface area contributed by atoms with Gasteiger partial charge in [-0.05, 0) is 18.0 Å². The summed E-state index contributed by atoms with van der Waals surface area (Å²) in [7, 11) is 1.47. The molecule has 1 aliphatic carbocycles. The van der Waals surface area contributed by atoms with E-state index in [1.807, 2.05) is 0 Å². The van der Waals surface area contributed by atoms with Crippen LogP contribution in [0.3, 0.4) is 0 Å². The Morgan fingerprint density at radius 1 is 1.41 bits per heavy atom. The van der Waals surface area contributed by atoms with Crippen LogP contribution >= 0.6 is 0 Å². The number of carbonyl (C=O) groups is 1. The number of nitrogens with zero attached hydrogens (tertiary/aromatic N) is 1. The van der Waals surface area contributed by atoms with E-state index in [-0.39, 0.29) is 23.7 Å². The zero-order valence-electron chi connectivity index (χ0n) is 12.8. The van der Waals surface area contributed by atoms with E-state index < -0.39 is 5.79 Å². The van der Waals surface area contributed by atoms with Crippen LogP contribution in [0.1, 0.15) is 49.1 Å². The quantitative estimate of drug-likeness (QED) is 0.914. The lowest BCUT2D eigenvalue weighted by molar-refractivity contribution is -0.175. The van der Waals surface area contributed by atoms with Crippen molar-refractivity contribution in [3.05, 3.63) is 11.8 Å². The van der Waals surface area contributed by atoms with Gasteiger partial charge < -0.3 is 24.1 Å². The summed E-state index contributed by atoms with van der Waals surface area (Å²) < 4.78 is 21.8. The molecule has 1 aromatic rings. The smallest absolute Gasteiger partial charge is 0.290 e. The topological polar surface area (TPSA) is 82.8 Å². The first-order chi connectivity index (χ1) is 10.7. The molecule has 1 N–H and O–H groups in total. The van der Waals surface area contributed by atoms with Crippen LogP contribution in [-0.4, -0.2) is 43.2 Å². The summed E-state index contributed by atoms with van der Waals surface area (Å²) in [4.78, 5) is 12.0. The van der Waals surface area contributed by atoms with Gasteiger partial charge in [-0.2, -0.15) is 0 Å². The maximum absolute atomic E-state index is 12.0. The van der Waals surface area contributed by atoms with E-state index in [0.29, 0.717) is 13.2 Å². The van der Waals surface area contributed by atoms with Crippen LogP contribution in [0.2, 0.25) is 0 Å². The van der Waals surface area contributed by atoms with Crippen LogP contribution in [0.15, 0.2) is 10.6 Å². The third kappa shape index (κ3) is 3.41. The van der Waals surface area contributed by atoms with Crippen molar-refractivity contribution in [2.75, 3.05) is 20.3 Å². The Hall–Kier alpha value is -1.60. The molecule has 7 nitrogen and oxygen atoms in total. The first-order valence-electron chi connectivity index (χ1n) is 7.81. The largest absolute Gasteiger partial charge is 0.479 e. The summed E-state index contributed by atoms with van der Waals surface area (Å²) in [5.41, 5.74) is 0. The fraction of sp³-hybridized carbons (Fsp3) is 0.733. The first-order valence-corrected chi connectivity index (χ1v) is 7.81. The number of hydrogen-bond donors (Lipinski definition) is 1. The zero-order valence-corrected chi connectivity index (χ0v) is 12.8. The fourth-order valence-corrected chi connectivity index (χ4v) is 3.00. The van der Waals surface area contributed by atoms with Gasteiger partial charge in [-0.3, -0.25) is 4.79 Å². The number of rotatable bonds is 4. The van der Waals surface area contributed by atoms with Crippen LogP contribution in [0.4, 0.5) is 0 Å². The van der Waals surface area contributed by atoms with E-state index in [1.54, 1.807) is 0 Å². The monoisotopic (exact) mass is 310 g/mol. The molecule has 2 heterocycles. The number of nitrogens with one attached hydrogen (secondary N) is 1. The molecule has 0 radical (unpaired) electrons.